The first-order valence-corrected chi connectivity index (χ1v) is 4.33. The average molecular weight is 173 g/mol. The van der Waals surface area contributed by atoms with E-state index in [0.717, 1.165) is 0 Å². The molecule has 67 valence electrons. The lowest BCUT2D eigenvalue weighted by molar-refractivity contribution is 0.556. The third-order valence-electron chi connectivity index (χ3n) is 2.15. The summed E-state index contributed by atoms with van der Waals surface area (Å²) in [4.78, 5) is 9.97. The Hall–Kier alpha value is -1.37. The maximum atomic E-state index is 9.97. The molecule has 0 saturated carbocycles. The fraction of sp³-hybridized carbons (Fsp3) is 0.250. The molecule has 0 aliphatic carbocycles. The van der Waals surface area contributed by atoms with Crippen LogP contribution in [0.2, 0.25) is 0 Å². The molecule has 0 bridgehead atoms. The molecule has 13 heavy (non-hydrogen) atoms. The van der Waals surface area contributed by atoms with E-state index in [-0.39, 0.29) is 0 Å². The van der Waals surface area contributed by atoms with Crippen molar-refractivity contribution in [3.05, 3.63) is 41.0 Å². The van der Waals surface area contributed by atoms with Gasteiger partial charge in [0.2, 0.25) is 6.29 Å². The normalized spacial score (nSPS) is 10.6. The Labute approximate surface area is 79.1 Å². The SMILES string of the molecule is Cc1cccc(/C=C/C[C]=O)c1C. The molecule has 0 N–H and O–H groups in total. The fourth-order valence-electron chi connectivity index (χ4n) is 1.19. The van der Waals surface area contributed by atoms with Crippen molar-refractivity contribution in [2.45, 2.75) is 20.3 Å². The van der Waals surface area contributed by atoms with E-state index in [2.05, 4.69) is 19.9 Å². The molecule has 1 nitrogen and oxygen atoms in total. The number of rotatable bonds is 3. The van der Waals surface area contributed by atoms with E-state index in [1.807, 2.05) is 30.6 Å². The highest BCUT2D eigenvalue weighted by Crippen LogP contribution is 2.13. The minimum Gasteiger partial charge on any atom is -0.291 e. The average Bonchev–Trinajstić information content (AvgIpc) is 2.13. The predicted molar refractivity (Wildman–Crippen MR) is 55.3 cm³/mol. The molecule has 0 fully saturated rings. The zero-order chi connectivity index (χ0) is 9.68. The Bertz CT molecular complexity index is 324. The maximum absolute atomic E-state index is 9.97. The van der Waals surface area contributed by atoms with Crippen LogP contribution in [0.4, 0.5) is 0 Å². The molecule has 0 spiro atoms. The van der Waals surface area contributed by atoms with Crippen molar-refractivity contribution in [3.8, 4) is 0 Å². The van der Waals surface area contributed by atoms with Crippen molar-refractivity contribution < 1.29 is 4.79 Å². The lowest BCUT2D eigenvalue weighted by Crippen LogP contribution is -1.84. The van der Waals surface area contributed by atoms with Gasteiger partial charge in [0, 0.05) is 6.42 Å². The smallest absolute Gasteiger partial charge is 0.202 e. The number of allylic oxidation sites excluding steroid dienone is 1. The highest BCUT2D eigenvalue weighted by molar-refractivity contribution is 5.60. The lowest BCUT2D eigenvalue weighted by Gasteiger charge is -2.02. The second-order valence-electron chi connectivity index (χ2n) is 3.04. The van der Waals surface area contributed by atoms with Gasteiger partial charge in [0.15, 0.2) is 0 Å². The van der Waals surface area contributed by atoms with E-state index in [1.54, 1.807) is 0 Å². The van der Waals surface area contributed by atoms with Crippen LogP contribution >= 0.6 is 0 Å². The van der Waals surface area contributed by atoms with Gasteiger partial charge < -0.3 is 0 Å². The fourth-order valence-corrected chi connectivity index (χ4v) is 1.19. The van der Waals surface area contributed by atoms with E-state index < -0.39 is 0 Å². The van der Waals surface area contributed by atoms with Gasteiger partial charge in [-0.1, -0.05) is 30.4 Å². The first-order valence-electron chi connectivity index (χ1n) is 4.33. The van der Waals surface area contributed by atoms with Gasteiger partial charge in [-0.15, -0.1) is 0 Å². The van der Waals surface area contributed by atoms with E-state index in [4.69, 9.17) is 0 Å². The largest absolute Gasteiger partial charge is 0.291 e. The molecule has 0 amide bonds. The number of hydrogen-bond donors (Lipinski definition) is 0. The Morgan fingerprint density at radius 1 is 1.38 bits per heavy atom. The Morgan fingerprint density at radius 3 is 2.85 bits per heavy atom. The number of hydrogen-bond acceptors (Lipinski definition) is 1. The summed E-state index contributed by atoms with van der Waals surface area (Å²) in [6, 6.07) is 6.15. The summed E-state index contributed by atoms with van der Waals surface area (Å²) in [6.45, 7) is 4.16. The van der Waals surface area contributed by atoms with Crippen molar-refractivity contribution in [1.29, 1.82) is 0 Å². The van der Waals surface area contributed by atoms with Crippen molar-refractivity contribution in [3.63, 3.8) is 0 Å². The van der Waals surface area contributed by atoms with Crippen molar-refractivity contribution >= 4 is 12.4 Å². The molecule has 0 heterocycles. The first kappa shape index (κ1) is 9.72. The van der Waals surface area contributed by atoms with Crippen molar-refractivity contribution in [2.24, 2.45) is 0 Å². The van der Waals surface area contributed by atoms with Gasteiger partial charge in [-0.3, -0.25) is 4.79 Å². The molecule has 1 radical (unpaired) electrons. The monoisotopic (exact) mass is 173 g/mol. The number of benzene rings is 1. The molecule has 0 aliphatic rings. The molecular weight excluding hydrogens is 160 g/mol. The van der Waals surface area contributed by atoms with Gasteiger partial charge in [-0.05, 0) is 30.5 Å². The summed E-state index contributed by atoms with van der Waals surface area (Å²) in [5.74, 6) is 0. The summed E-state index contributed by atoms with van der Waals surface area (Å²) < 4.78 is 0. The standard InChI is InChI=1S/C12H13O/c1-10-6-5-8-12(11(10)2)7-3-4-9-13/h3,5-8H,4H2,1-2H3/b7-3+. The van der Waals surface area contributed by atoms with Crippen LogP contribution in [0.15, 0.2) is 24.3 Å². The zero-order valence-corrected chi connectivity index (χ0v) is 8.00. The van der Waals surface area contributed by atoms with Crippen molar-refractivity contribution in [2.75, 3.05) is 0 Å². The van der Waals surface area contributed by atoms with E-state index in [0.29, 0.717) is 6.42 Å². The van der Waals surface area contributed by atoms with E-state index in [1.165, 1.54) is 16.7 Å². The molecule has 1 aromatic carbocycles. The lowest BCUT2D eigenvalue weighted by atomic mass is 10.0. The summed E-state index contributed by atoms with van der Waals surface area (Å²) in [6.07, 6.45) is 6.00. The minimum absolute atomic E-state index is 0.368. The van der Waals surface area contributed by atoms with Gasteiger partial charge in [0.25, 0.3) is 0 Å². The summed E-state index contributed by atoms with van der Waals surface area (Å²) >= 11 is 0. The Balaban J connectivity index is 2.88. The van der Waals surface area contributed by atoms with Crippen LogP contribution in [0.5, 0.6) is 0 Å². The highest BCUT2D eigenvalue weighted by Gasteiger charge is 1.95. The second-order valence-corrected chi connectivity index (χ2v) is 3.04. The van der Waals surface area contributed by atoms with Gasteiger partial charge in [0.05, 0.1) is 0 Å². The summed E-state index contributed by atoms with van der Waals surface area (Å²) in [5, 5.41) is 0. The third kappa shape index (κ3) is 2.55. The molecule has 0 unspecified atom stereocenters. The molecule has 1 rings (SSSR count). The van der Waals surface area contributed by atoms with Crippen LogP contribution in [0, 0.1) is 13.8 Å². The van der Waals surface area contributed by atoms with Gasteiger partial charge in [-0.2, -0.15) is 0 Å². The summed E-state index contributed by atoms with van der Waals surface area (Å²) in [5.41, 5.74) is 3.72. The van der Waals surface area contributed by atoms with Gasteiger partial charge in [0.1, 0.15) is 0 Å². The minimum atomic E-state index is 0.368. The Kier molecular flexibility index (Phi) is 3.44. The predicted octanol–water partition coefficient (Wildman–Crippen LogP) is 2.82. The molecule has 1 aromatic rings. The molecule has 0 saturated heterocycles. The van der Waals surface area contributed by atoms with Crippen LogP contribution in [0.1, 0.15) is 23.1 Å². The summed E-state index contributed by atoms with van der Waals surface area (Å²) in [7, 11) is 0. The van der Waals surface area contributed by atoms with Gasteiger partial charge >= 0.3 is 0 Å². The maximum Gasteiger partial charge on any atom is 0.202 e. The zero-order valence-electron chi connectivity index (χ0n) is 8.00. The molecule has 0 aromatic heterocycles. The molecule has 0 aliphatic heterocycles. The van der Waals surface area contributed by atoms with Crippen LogP contribution in [-0.2, 0) is 4.79 Å². The highest BCUT2D eigenvalue weighted by atomic mass is 16.1. The third-order valence-corrected chi connectivity index (χ3v) is 2.15. The van der Waals surface area contributed by atoms with Crippen LogP contribution < -0.4 is 0 Å². The first-order chi connectivity index (χ1) is 6.25. The second kappa shape index (κ2) is 4.61. The van der Waals surface area contributed by atoms with Gasteiger partial charge in [-0.25, -0.2) is 0 Å². The molecule has 0 atom stereocenters. The number of aryl methyl sites for hydroxylation is 1. The quantitative estimate of drug-likeness (QED) is 0.687. The van der Waals surface area contributed by atoms with Crippen LogP contribution in [0.25, 0.3) is 6.08 Å². The number of carbonyl (C=O) groups excluding carboxylic acids is 1. The van der Waals surface area contributed by atoms with Crippen LogP contribution in [0.3, 0.4) is 0 Å². The van der Waals surface area contributed by atoms with E-state index >= 15 is 0 Å². The Morgan fingerprint density at radius 2 is 2.15 bits per heavy atom. The van der Waals surface area contributed by atoms with Crippen molar-refractivity contribution in [1.82, 2.24) is 0 Å². The topological polar surface area (TPSA) is 17.1 Å². The van der Waals surface area contributed by atoms with Crippen LogP contribution in [-0.4, -0.2) is 6.29 Å². The van der Waals surface area contributed by atoms with E-state index in [9.17, 15) is 4.79 Å². The molecule has 1 heteroatoms. The molecular formula is C12H13O.